The summed E-state index contributed by atoms with van der Waals surface area (Å²) in [6, 6.07) is 0. The fourth-order valence-electron chi connectivity index (χ4n) is 1.40. The third-order valence-electron chi connectivity index (χ3n) is 2.58. The van der Waals surface area contributed by atoms with Gasteiger partial charge in [0, 0.05) is 0 Å². The molecule has 3 nitrogen and oxygen atoms in total. The number of carboxylic acid groups (broad SMARTS) is 1. The highest BCUT2D eigenvalue weighted by atomic mass is 19.3. The maximum absolute atomic E-state index is 13.3. The van der Waals surface area contributed by atoms with Crippen LogP contribution in [-0.2, 0) is 9.53 Å². The maximum atomic E-state index is 13.3. The summed E-state index contributed by atoms with van der Waals surface area (Å²) >= 11 is 0. The van der Waals surface area contributed by atoms with E-state index in [1.54, 1.807) is 6.92 Å². The lowest BCUT2D eigenvalue weighted by Gasteiger charge is -2.45. The zero-order valence-corrected chi connectivity index (χ0v) is 7.35. The van der Waals surface area contributed by atoms with Gasteiger partial charge < -0.3 is 9.84 Å². The van der Waals surface area contributed by atoms with Gasteiger partial charge in [-0.05, 0) is 6.42 Å². The largest absolute Gasteiger partial charge is 0.481 e. The Labute approximate surface area is 74.7 Å². The molecule has 13 heavy (non-hydrogen) atoms. The Bertz CT molecular complexity index is 206. The van der Waals surface area contributed by atoms with Crippen molar-refractivity contribution in [1.29, 1.82) is 0 Å². The molecule has 1 saturated heterocycles. The van der Waals surface area contributed by atoms with Crippen LogP contribution in [0.15, 0.2) is 0 Å². The number of carboxylic acids is 1. The Balaban J connectivity index is 2.71. The van der Waals surface area contributed by atoms with E-state index in [1.807, 2.05) is 0 Å². The molecule has 1 rings (SSSR count). The van der Waals surface area contributed by atoms with Gasteiger partial charge in [0.05, 0.1) is 18.6 Å². The summed E-state index contributed by atoms with van der Waals surface area (Å²) in [4.78, 5) is 10.2. The number of alkyl halides is 2. The molecule has 1 heterocycles. The van der Waals surface area contributed by atoms with Gasteiger partial charge in [0.25, 0.3) is 5.92 Å². The number of carbonyl (C=O) groups is 1. The molecule has 1 aliphatic heterocycles. The third kappa shape index (κ3) is 1.65. The average Bonchev–Trinajstić information content (AvgIpc) is 1.80. The van der Waals surface area contributed by atoms with E-state index in [0.29, 0.717) is 0 Å². The third-order valence-corrected chi connectivity index (χ3v) is 2.58. The van der Waals surface area contributed by atoms with Crippen LogP contribution >= 0.6 is 0 Å². The van der Waals surface area contributed by atoms with Crippen molar-refractivity contribution in [3.05, 3.63) is 0 Å². The van der Waals surface area contributed by atoms with Crippen molar-refractivity contribution < 1.29 is 23.4 Å². The zero-order valence-electron chi connectivity index (χ0n) is 7.35. The van der Waals surface area contributed by atoms with Crippen LogP contribution in [-0.4, -0.2) is 30.2 Å². The fourth-order valence-corrected chi connectivity index (χ4v) is 1.40. The molecule has 1 N–H and O–H groups in total. The Morgan fingerprint density at radius 3 is 2.38 bits per heavy atom. The summed E-state index contributed by atoms with van der Waals surface area (Å²) in [7, 11) is 0. The lowest BCUT2D eigenvalue weighted by molar-refractivity contribution is -0.247. The van der Waals surface area contributed by atoms with Gasteiger partial charge in [-0.2, -0.15) is 0 Å². The Morgan fingerprint density at radius 1 is 1.62 bits per heavy atom. The van der Waals surface area contributed by atoms with Gasteiger partial charge in [0.15, 0.2) is 0 Å². The summed E-state index contributed by atoms with van der Waals surface area (Å²) < 4.78 is 31.4. The lowest BCUT2D eigenvalue weighted by Crippen LogP contribution is -2.55. The van der Waals surface area contributed by atoms with Crippen molar-refractivity contribution in [2.75, 3.05) is 13.2 Å². The lowest BCUT2D eigenvalue weighted by atomic mass is 9.75. The van der Waals surface area contributed by atoms with Crippen LogP contribution < -0.4 is 0 Å². The molecule has 1 aliphatic rings. The first-order chi connectivity index (χ1) is 5.93. The molecule has 0 aromatic carbocycles. The molecule has 0 atom stereocenters. The Kier molecular flexibility index (Phi) is 2.56. The average molecular weight is 194 g/mol. The highest BCUT2D eigenvalue weighted by Crippen LogP contribution is 2.47. The van der Waals surface area contributed by atoms with E-state index in [4.69, 9.17) is 9.84 Å². The molecule has 0 radical (unpaired) electrons. The number of hydrogen-bond donors (Lipinski definition) is 1. The van der Waals surface area contributed by atoms with Gasteiger partial charge in [0.1, 0.15) is 6.42 Å². The summed E-state index contributed by atoms with van der Waals surface area (Å²) in [6.45, 7) is 1.55. The summed E-state index contributed by atoms with van der Waals surface area (Å²) in [5.74, 6) is -4.63. The monoisotopic (exact) mass is 194 g/mol. The fraction of sp³-hybridized carbons (Fsp3) is 0.875. The SMILES string of the molecule is CCC1(C(F)(F)CC(=O)O)COC1. The van der Waals surface area contributed by atoms with Crippen LogP contribution in [0.2, 0.25) is 0 Å². The second-order valence-corrected chi connectivity index (χ2v) is 3.40. The number of ether oxygens (including phenoxy) is 1. The van der Waals surface area contributed by atoms with Crippen LogP contribution in [0.1, 0.15) is 19.8 Å². The first-order valence-electron chi connectivity index (χ1n) is 4.11. The molecule has 0 bridgehead atoms. The van der Waals surface area contributed by atoms with E-state index in [0.717, 1.165) is 0 Å². The van der Waals surface area contributed by atoms with Gasteiger partial charge in [-0.25, -0.2) is 8.78 Å². The number of halogens is 2. The summed E-state index contributed by atoms with van der Waals surface area (Å²) in [5, 5.41) is 8.31. The van der Waals surface area contributed by atoms with Gasteiger partial charge >= 0.3 is 5.97 Å². The van der Waals surface area contributed by atoms with Gasteiger partial charge in [-0.15, -0.1) is 0 Å². The van der Waals surface area contributed by atoms with Crippen LogP contribution in [0.5, 0.6) is 0 Å². The standard InChI is InChI=1S/C8H12F2O3/c1-2-7(4-13-5-7)8(9,10)3-6(11)12/h2-5H2,1H3,(H,11,12). The second-order valence-electron chi connectivity index (χ2n) is 3.40. The molecule has 1 fully saturated rings. The molecule has 5 heteroatoms. The summed E-state index contributed by atoms with van der Waals surface area (Å²) in [6.07, 6.45) is -0.864. The van der Waals surface area contributed by atoms with Crippen LogP contribution in [0.4, 0.5) is 8.78 Å². The van der Waals surface area contributed by atoms with Crippen molar-refractivity contribution in [2.24, 2.45) is 5.41 Å². The highest BCUT2D eigenvalue weighted by Gasteiger charge is 2.58. The molecule has 0 amide bonds. The number of aliphatic carboxylic acids is 1. The van der Waals surface area contributed by atoms with Gasteiger partial charge in [-0.3, -0.25) is 4.79 Å². The van der Waals surface area contributed by atoms with Gasteiger partial charge in [-0.1, -0.05) is 6.92 Å². The molecule has 0 saturated carbocycles. The minimum absolute atomic E-state index is 0.0379. The number of rotatable bonds is 4. The predicted molar refractivity (Wildman–Crippen MR) is 40.7 cm³/mol. The van der Waals surface area contributed by atoms with E-state index < -0.39 is 23.7 Å². The van der Waals surface area contributed by atoms with Crippen LogP contribution in [0.3, 0.4) is 0 Å². The molecular formula is C8H12F2O3. The normalized spacial score (nSPS) is 20.8. The molecule has 0 aromatic heterocycles. The molecular weight excluding hydrogens is 182 g/mol. The van der Waals surface area contributed by atoms with Crippen molar-refractivity contribution in [3.63, 3.8) is 0 Å². The van der Waals surface area contributed by atoms with Crippen LogP contribution in [0.25, 0.3) is 0 Å². The van der Waals surface area contributed by atoms with E-state index >= 15 is 0 Å². The first kappa shape index (κ1) is 10.4. The highest BCUT2D eigenvalue weighted by molar-refractivity contribution is 5.68. The molecule has 76 valence electrons. The predicted octanol–water partition coefficient (Wildman–Crippen LogP) is 1.52. The van der Waals surface area contributed by atoms with Crippen molar-refractivity contribution >= 4 is 5.97 Å². The van der Waals surface area contributed by atoms with Gasteiger partial charge in [0.2, 0.25) is 0 Å². The van der Waals surface area contributed by atoms with Crippen molar-refractivity contribution in [2.45, 2.75) is 25.7 Å². The minimum atomic E-state index is -3.16. The van der Waals surface area contributed by atoms with E-state index in [9.17, 15) is 13.6 Å². The quantitative estimate of drug-likeness (QED) is 0.738. The Morgan fingerprint density at radius 2 is 2.15 bits per heavy atom. The van der Waals surface area contributed by atoms with Crippen molar-refractivity contribution in [3.8, 4) is 0 Å². The molecule has 0 spiro atoms. The van der Waals surface area contributed by atoms with E-state index in [1.165, 1.54) is 0 Å². The molecule has 0 unspecified atom stereocenters. The smallest absolute Gasteiger partial charge is 0.309 e. The molecule has 0 aliphatic carbocycles. The minimum Gasteiger partial charge on any atom is -0.481 e. The second kappa shape index (κ2) is 3.21. The molecule has 0 aromatic rings. The van der Waals surface area contributed by atoms with E-state index in [-0.39, 0.29) is 19.6 Å². The number of hydrogen-bond acceptors (Lipinski definition) is 2. The maximum Gasteiger partial charge on any atom is 0.309 e. The van der Waals surface area contributed by atoms with Crippen LogP contribution in [0, 0.1) is 5.41 Å². The Hall–Kier alpha value is -0.710. The first-order valence-corrected chi connectivity index (χ1v) is 4.11. The van der Waals surface area contributed by atoms with Crippen molar-refractivity contribution in [1.82, 2.24) is 0 Å². The zero-order chi connectivity index (χ0) is 10.1. The summed E-state index contributed by atoms with van der Waals surface area (Å²) in [5.41, 5.74) is -1.24. The topological polar surface area (TPSA) is 46.5 Å². The van der Waals surface area contributed by atoms with E-state index in [2.05, 4.69) is 0 Å².